The molecule has 0 saturated heterocycles. The topological polar surface area (TPSA) is 67.1 Å². The molecule has 5 heteroatoms. The van der Waals surface area contributed by atoms with E-state index in [1.807, 2.05) is 13.1 Å². The predicted octanol–water partition coefficient (Wildman–Crippen LogP) is 2.37. The van der Waals surface area contributed by atoms with Crippen LogP contribution in [0.1, 0.15) is 46.4 Å². The number of hydrogen-bond acceptors (Lipinski definition) is 5. The molecule has 0 aliphatic heterocycles. The quantitative estimate of drug-likeness (QED) is 0.635. The van der Waals surface area contributed by atoms with E-state index in [-0.39, 0.29) is 11.3 Å². The minimum atomic E-state index is 0.216. The number of rotatable bonds is 4. The molecule has 0 radical (unpaired) electrons. The van der Waals surface area contributed by atoms with E-state index in [0.29, 0.717) is 5.82 Å². The lowest BCUT2D eigenvalue weighted by atomic mass is 9.96. The van der Waals surface area contributed by atoms with Crippen LogP contribution in [0, 0.1) is 5.41 Å². The maximum absolute atomic E-state index is 5.46. The van der Waals surface area contributed by atoms with Gasteiger partial charge in [-0.25, -0.2) is 15.8 Å². The first-order valence-electron chi connectivity index (χ1n) is 6.29. The Kier molecular flexibility index (Phi) is 4.51. The van der Waals surface area contributed by atoms with Crippen LogP contribution in [-0.2, 0) is 0 Å². The first kappa shape index (κ1) is 14.7. The van der Waals surface area contributed by atoms with Crippen LogP contribution in [0.4, 0.5) is 11.6 Å². The lowest BCUT2D eigenvalue weighted by molar-refractivity contribution is 0.417. The smallest absolute Gasteiger partial charge is 0.145 e. The average molecular weight is 251 g/mol. The minimum absolute atomic E-state index is 0.216. The lowest BCUT2D eigenvalue weighted by Gasteiger charge is -2.28. The van der Waals surface area contributed by atoms with Crippen LogP contribution >= 0.6 is 0 Å². The summed E-state index contributed by atoms with van der Waals surface area (Å²) < 4.78 is 0. The summed E-state index contributed by atoms with van der Waals surface area (Å²) in [6.45, 7) is 11.7. The van der Waals surface area contributed by atoms with Gasteiger partial charge in [0.05, 0.1) is 0 Å². The summed E-state index contributed by atoms with van der Waals surface area (Å²) in [5, 5.41) is 0. The standard InChI is InChI=1S/C13H25N5/c1-9(2)12-15-10(17-14)7-11(16-12)18(6)8-13(3,4)5/h7,9H,8,14H2,1-6H3,(H,15,16,17). The highest BCUT2D eigenvalue weighted by molar-refractivity contribution is 5.48. The third kappa shape index (κ3) is 4.14. The van der Waals surface area contributed by atoms with E-state index in [4.69, 9.17) is 5.84 Å². The Hall–Kier alpha value is -1.36. The largest absolute Gasteiger partial charge is 0.359 e. The summed E-state index contributed by atoms with van der Waals surface area (Å²) in [7, 11) is 2.04. The van der Waals surface area contributed by atoms with Crippen LogP contribution in [0.5, 0.6) is 0 Å². The van der Waals surface area contributed by atoms with Crippen molar-refractivity contribution in [2.45, 2.75) is 40.5 Å². The molecular formula is C13H25N5. The molecule has 0 aliphatic rings. The summed E-state index contributed by atoms with van der Waals surface area (Å²) in [4.78, 5) is 11.1. The number of nitrogen functional groups attached to an aromatic ring is 1. The maximum atomic E-state index is 5.46. The van der Waals surface area contributed by atoms with Crippen molar-refractivity contribution >= 4 is 11.6 Å². The molecule has 0 aliphatic carbocycles. The molecule has 5 nitrogen and oxygen atoms in total. The Balaban J connectivity index is 3.04. The van der Waals surface area contributed by atoms with Crippen molar-refractivity contribution in [3.05, 3.63) is 11.9 Å². The van der Waals surface area contributed by atoms with Gasteiger partial charge in [0.25, 0.3) is 0 Å². The summed E-state index contributed by atoms with van der Waals surface area (Å²) in [6.07, 6.45) is 0. The average Bonchev–Trinajstić information content (AvgIpc) is 2.26. The number of nitrogens with one attached hydrogen (secondary N) is 1. The normalized spacial score (nSPS) is 11.8. The molecule has 102 valence electrons. The molecule has 0 saturated carbocycles. The molecule has 0 spiro atoms. The third-order valence-electron chi connectivity index (χ3n) is 2.50. The highest BCUT2D eigenvalue weighted by Crippen LogP contribution is 2.22. The molecule has 0 fully saturated rings. The van der Waals surface area contributed by atoms with Crippen molar-refractivity contribution in [3.63, 3.8) is 0 Å². The van der Waals surface area contributed by atoms with Crippen LogP contribution in [0.25, 0.3) is 0 Å². The second-order valence-corrected chi connectivity index (χ2v) is 6.19. The van der Waals surface area contributed by atoms with E-state index in [2.05, 4.69) is 54.9 Å². The van der Waals surface area contributed by atoms with Crippen molar-refractivity contribution in [3.8, 4) is 0 Å². The predicted molar refractivity (Wildman–Crippen MR) is 76.7 cm³/mol. The van der Waals surface area contributed by atoms with Gasteiger partial charge >= 0.3 is 0 Å². The van der Waals surface area contributed by atoms with Gasteiger partial charge in [-0.15, -0.1) is 0 Å². The van der Waals surface area contributed by atoms with Gasteiger partial charge in [-0.2, -0.15) is 0 Å². The highest BCUT2D eigenvalue weighted by atomic mass is 15.3. The fourth-order valence-electron chi connectivity index (χ4n) is 1.77. The van der Waals surface area contributed by atoms with Gasteiger partial charge in [0.1, 0.15) is 17.5 Å². The van der Waals surface area contributed by atoms with Crippen molar-refractivity contribution < 1.29 is 0 Å². The highest BCUT2D eigenvalue weighted by Gasteiger charge is 2.16. The Morgan fingerprint density at radius 1 is 1.33 bits per heavy atom. The van der Waals surface area contributed by atoms with Crippen LogP contribution in [0.2, 0.25) is 0 Å². The van der Waals surface area contributed by atoms with Gasteiger partial charge in [0.15, 0.2) is 0 Å². The number of hydrazine groups is 1. The molecule has 1 aromatic heterocycles. The number of nitrogens with zero attached hydrogens (tertiary/aromatic N) is 3. The van der Waals surface area contributed by atoms with Gasteiger partial charge in [0, 0.05) is 25.6 Å². The van der Waals surface area contributed by atoms with E-state index in [1.54, 1.807) is 0 Å². The lowest BCUT2D eigenvalue weighted by Crippen LogP contribution is -2.30. The summed E-state index contributed by atoms with van der Waals surface area (Å²) in [5.74, 6) is 8.10. The summed E-state index contributed by atoms with van der Waals surface area (Å²) in [5.41, 5.74) is 2.82. The van der Waals surface area contributed by atoms with E-state index in [0.717, 1.165) is 18.2 Å². The molecule has 1 heterocycles. The van der Waals surface area contributed by atoms with Crippen molar-refractivity contribution in [2.75, 3.05) is 23.9 Å². The number of aromatic nitrogens is 2. The fraction of sp³-hybridized carbons (Fsp3) is 0.692. The van der Waals surface area contributed by atoms with Crippen LogP contribution < -0.4 is 16.2 Å². The second kappa shape index (κ2) is 5.52. The van der Waals surface area contributed by atoms with Crippen molar-refractivity contribution in [2.24, 2.45) is 11.3 Å². The van der Waals surface area contributed by atoms with Crippen LogP contribution in [0.15, 0.2) is 6.07 Å². The minimum Gasteiger partial charge on any atom is -0.359 e. The van der Waals surface area contributed by atoms with E-state index >= 15 is 0 Å². The maximum Gasteiger partial charge on any atom is 0.145 e. The molecule has 1 aromatic rings. The first-order valence-corrected chi connectivity index (χ1v) is 6.29. The zero-order valence-electron chi connectivity index (χ0n) is 12.3. The number of nitrogens with two attached hydrogens (primary N) is 1. The van der Waals surface area contributed by atoms with E-state index in [1.165, 1.54) is 0 Å². The van der Waals surface area contributed by atoms with Gasteiger partial charge in [-0.05, 0) is 5.41 Å². The molecule has 0 atom stereocenters. The molecule has 3 N–H and O–H groups in total. The molecule has 0 unspecified atom stereocenters. The monoisotopic (exact) mass is 251 g/mol. The molecule has 0 aromatic carbocycles. The van der Waals surface area contributed by atoms with Crippen molar-refractivity contribution in [1.82, 2.24) is 9.97 Å². The molecule has 18 heavy (non-hydrogen) atoms. The Bertz CT molecular complexity index is 395. The fourth-order valence-corrected chi connectivity index (χ4v) is 1.77. The van der Waals surface area contributed by atoms with Gasteiger partial charge < -0.3 is 10.3 Å². The third-order valence-corrected chi connectivity index (χ3v) is 2.50. The van der Waals surface area contributed by atoms with Gasteiger partial charge in [-0.3, -0.25) is 0 Å². The molecular weight excluding hydrogens is 226 g/mol. The first-order chi connectivity index (χ1) is 8.23. The van der Waals surface area contributed by atoms with Crippen LogP contribution in [-0.4, -0.2) is 23.6 Å². The Morgan fingerprint density at radius 2 is 1.94 bits per heavy atom. The number of hydrogen-bond donors (Lipinski definition) is 2. The van der Waals surface area contributed by atoms with E-state index in [9.17, 15) is 0 Å². The van der Waals surface area contributed by atoms with Crippen molar-refractivity contribution in [1.29, 1.82) is 0 Å². The summed E-state index contributed by atoms with van der Waals surface area (Å²) >= 11 is 0. The summed E-state index contributed by atoms with van der Waals surface area (Å²) in [6, 6.07) is 1.87. The Morgan fingerprint density at radius 3 is 2.39 bits per heavy atom. The second-order valence-electron chi connectivity index (χ2n) is 6.19. The number of anilines is 2. The molecule has 1 rings (SSSR count). The van der Waals surface area contributed by atoms with Gasteiger partial charge in [0.2, 0.25) is 0 Å². The van der Waals surface area contributed by atoms with E-state index < -0.39 is 0 Å². The Labute approximate surface area is 110 Å². The SMILES string of the molecule is CC(C)c1nc(NN)cc(N(C)CC(C)(C)C)n1. The zero-order valence-corrected chi connectivity index (χ0v) is 12.3. The molecule has 0 amide bonds. The van der Waals surface area contributed by atoms with Crippen LogP contribution in [0.3, 0.4) is 0 Å². The molecule has 0 bridgehead atoms. The zero-order chi connectivity index (χ0) is 13.9. The van der Waals surface area contributed by atoms with Gasteiger partial charge in [-0.1, -0.05) is 34.6 Å².